The van der Waals surface area contributed by atoms with Crippen molar-refractivity contribution < 1.29 is 38.5 Å². The molecule has 0 unspecified atom stereocenters. The van der Waals surface area contributed by atoms with Gasteiger partial charge >= 0.3 is 5.97 Å². The Kier molecular flexibility index (Phi) is 11.8. The van der Waals surface area contributed by atoms with Gasteiger partial charge in [0.1, 0.15) is 23.5 Å². The SMILES string of the molecule is C=CCCC(=O)NC[C@@H](OC(=O)[C@@H]1[C@@H]2CC[C@]3(O2)[C@H](C(=O)N(CC=C)c2ccc(OC)cc2)N([C@@H](CO)[C@@H](C)CC)C(=O)[C@@H]13)c1ccccc1. The normalized spacial score (nSPS) is 25.3. The van der Waals surface area contributed by atoms with Gasteiger partial charge in [0.05, 0.1) is 44.2 Å². The Hall–Kier alpha value is -4.48. The number of anilines is 1. The van der Waals surface area contributed by atoms with Crippen LogP contribution in [0.4, 0.5) is 5.69 Å². The zero-order valence-electron chi connectivity index (χ0n) is 29.2. The number of fused-ring (bicyclic) bond motifs is 1. The number of aliphatic hydroxyl groups is 1. The number of ether oxygens (including phenoxy) is 3. The second-order valence-electron chi connectivity index (χ2n) is 13.3. The average Bonchev–Trinajstić information content (AvgIpc) is 3.79. The molecule has 11 nitrogen and oxygen atoms in total. The Morgan fingerprint density at radius 2 is 1.86 bits per heavy atom. The Morgan fingerprint density at radius 3 is 2.48 bits per heavy atom. The molecule has 0 aromatic heterocycles. The summed E-state index contributed by atoms with van der Waals surface area (Å²) in [5.41, 5.74) is -0.0414. The Morgan fingerprint density at radius 1 is 1.14 bits per heavy atom. The highest BCUT2D eigenvalue weighted by Crippen LogP contribution is 2.59. The van der Waals surface area contributed by atoms with Gasteiger partial charge in [-0.2, -0.15) is 0 Å². The molecule has 3 aliphatic heterocycles. The number of hydrogen-bond acceptors (Lipinski definition) is 8. The van der Waals surface area contributed by atoms with Gasteiger partial charge in [-0.1, -0.05) is 62.8 Å². The van der Waals surface area contributed by atoms with Gasteiger partial charge < -0.3 is 34.4 Å². The van der Waals surface area contributed by atoms with Crippen LogP contribution in [0, 0.1) is 17.8 Å². The Labute approximate surface area is 294 Å². The van der Waals surface area contributed by atoms with E-state index < -0.39 is 53.6 Å². The van der Waals surface area contributed by atoms with E-state index in [1.54, 1.807) is 48.4 Å². The summed E-state index contributed by atoms with van der Waals surface area (Å²) in [6, 6.07) is 14.4. The van der Waals surface area contributed by atoms with Crippen LogP contribution < -0.4 is 15.0 Å². The highest BCUT2D eigenvalue weighted by molar-refractivity contribution is 6.05. The maximum absolute atomic E-state index is 14.9. The minimum Gasteiger partial charge on any atom is -0.497 e. The molecule has 5 rings (SSSR count). The predicted molar refractivity (Wildman–Crippen MR) is 188 cm³/mol. The number of nitrogens with one attached hydrogen (secondary N) is 1. The fourth-order valence-electron chi connectivity index (χ4n) is 7.81. The van der Waals surface area contributed by atoms with Gasteiger partial charge in [0, 0.05) is 18.7 Å². The molecule has 2 aromatic carbocycles. The first-order valence-electron chi connectivity index (χ1n) is 17.5. The molecule has 50 heavy (non-hydrogen) atoms. The van der Waals surface area contributed by atoms with Crippen molar-refractivity contribution in [3.8, 4) is 5.75 Å². The number of hydrogen-bond donors (Lipinski definition) is 2. The van der Waals surface area contributed by atoms with Gasteiger partial charge in [0.25, 0.3) is 5.91 Å². The Bertz CT molecular complexity index is 1550. The first-order valence-corrected chi connectivity index (χ1v) is 17.5. The predicted octanol–water partition coefficient (Wildman–Crippen LogP) is 4.36. The topological polar surface area (TPSA) is 135 Å². The summed E-state index contributed by atoms with van der Waals surface area (Å²) in [6.45, 7) is 11.3. The van der Waals surface area contributed by atoms with Gasteiger partial charge in [0.2, 0.25) is 11.8 Å². The molecule has 2 aromatic rings. The lowest BCUT2D eigenvalue weighted by Gasteiger charge is -2.40. The van der Waals surface area contributed by atoms with Crippen LogP contribution in [0.25, 0.3) is 0 Å². The summed E-state index contributed by atoms with van der Waals surface area (Å²) in [6.07, 6.45) is 4.07. The highest BCUT2D eigenvalue weighted by atomic mass is 16.6. The van der Waals surface area contributed by atoms with Crippen molar-refractivity contribution >= 4 is 29.4 Å². The van der Waals surface area contributed by atoms with Gasteiger partial charge in [-0.15, -0.1) is 13.2 Å². The largest absolute Gasteiger partial charge is 0.497 e. The van der Waals surface area contributed by atoms with E-state index in [1.807, 2.05) is 44.2 Å². The van der Waals surface area contributed by atoms with Crippen LogP contribution in [0.3, 0.4) is 0 Å². The maximum atomic E-state index is 14.9. The van der Waals surface area contributed by atoms with Crippen LogP contribution >= 0.6 is 0 Å². The molecular weight excluding hydrogens is 638 g/mol. The van der Waals surface area contributed by atoms with Crippen LogP contribution in [0.5, 0.6) is 5.75 Å². The van der Waals surface area contributed by atoms with Crippen LogP contribution in [0.2, 0.25) is 0 Å². The van der Waals surface area contributed by atoms with Gasteiger partial charge in [-0.05, 0) is 55.0 Å². The molecule has 0 aliphatic carbocycles. The highest BCUT2D eigenvalue weighted by Gasteiger charge is 2.76. The van der Waals surface area contributed by atoms with E-state index in [2.05, 4.69) is 18.5 Å². The molecule has 1 spiro atoms. The molecule has 2 N–H and O–H groups in total. The van der Waals surface area contributed by atoms with Crippen molar-refractivity contribution in [2.75, 3.05) is 31.7 Å². The number of amides is 3. The van der Waals surface area contributed by atoms with Gasteiger partial charge in [0.15, 0.2) is 0 Å². The van der Waals surface area contributed by atoms with Crippen molar-refractivity contribution in [3.63, 3.8) is 0 Å². The molecule has 0 radical (unpaired) electrons. The zero-order chi connectivity index (χ0) is 36.0. The van der Waals surface area contributed by atoms with Crippen LogP contribution in [0.1, 0.15) is 57.6 Å². The quantitative estimate of drug-likeness (QED) is 0.185. The summed E-state index contributed by atoms with van der Waals surface area (Å²) < 4.78 is 18.1. The molecule has 268 valence electrons. The zero-order valence-corrected chi connectivity index (χ0v) is 29.2. The van der Waals surface area contributed by atoms with Crippen molar-refractivity contribution in [2.45, 2.75) is 75.8 Å². The standard InChI is InChI=1S/C39H49N3O8/c1-6-9-15-32(44)40-23-31(26-13-11-10-12-14-26)49-38(47)33-30-20-21-39(50-30)34(33)36(45)42(29(24-43)25(4)8-3)35(39)37(46)41(22-7-2)27-16-18-28(48-5)19-17-27/h6-7,10-14,16-19,25,29-31,33-35,43H,1-2,8-9,15,20-24H2,3-5H3,(H,40,44)/t25-,29-,30-,31+,33+,34+,35-,39+/m0/s1. The van der Waals surface area contributed by atoms with E-state index in [-0.39, 0.29) is 43.8 Å². The minimum atomic E-state index is -1.31. The third kappa shape index (κ3) is 6.93. The van der Waals surface area contributed by atoms with Crippen LogP contribution in [-0.2, 0) is 28.7 Å². The number of likely N-dealkylation sites (tertiary alicyclic amines) is 1. The summed E-state index contributed by atoms with van der Waals surface area (Å²) in [5, 5.41) is 13.6. The van der Waals surface area contributed by atoms with Crippen LogP contribution in [-0.4, -0.2) is 84.3 Å². The second kappa shape index (κ2) is 16.0. The molecule has 11 heteroatoms. The molecule has 3 fully saturated rings. The van der Waals surface area contributed by atoms with E-state index in [9.17, 15) is 24.3 Å². The molecule has 3 aliphatic rings. The molecule has 3 amide bonds. The lowest BCUT2D eigenvalue weighted by Crippen LogP contribution is -2.60. The molecule has 3 saturated heterocycles. The second-order valence-corrected chi connectivity index (χ2v) is 13.3. The minimum absolute atomic E-state index is 0.0416. The van der Waals surface area contributed by atoms with E-state index in [0.717, 1.165) is 0 Å². The van der Waals surface area contributed by atoms with E-state index in [4.69, 9.17) is 14.2 Å². The number of allylic oxidation sites excluding steroid dienone is 1. The smallest absolute Gasteiger partial charge is 0.313 e. The average molecular weight is 688 g/mol. The number of carbonyl (C=O) groups is 4. The van der Waals surface area contributed by atoms with Gasteiger partial charge in [-0.3, -0.25) is 19.2 Å². The van der Waals surface area contributed by atoms with Crippen LogP contribution in [0.15, 0.2) is 79.9 Å². The third-order valence-corrected chi connectivity index (χ3v) is 10.5. The number of benzene rings is 2. The van der Waals surface area contributed by atoms with Gasteiger partial charge in [-0.25, -0.2) is 0 Å². The lowest BCUT2D eigenvalue weighted by molar-refractivity contribution is -0.161. The maximum Gasteiger partial charge on any atom is 0.313 e. The fourth-order valence-corrected chi connectivity index (χ4v) is 7.81. The number of aliphatic hydroxyl groups excluding tert-OH is 1. The summed E-state index contributed by atoms with van der Waals surface area (Å²) in [7, 11) is 1.56. The summed E-state index contributed by atoms with van der Waals surface area (Å²) >= 11 is 0. The number of nitrogens with zero attached hydrogens (tertiary/aromatic N) is 2. The van der Waals surface area contributed by atoms with E-state index in [0.29, 0.717) is 42.7 Å². The first-order chi connectivity index (χ1) is 24.1. The molecule has 2 bridgehead atoms. The number of carbonyl (C=O) groups excluding carboxylic acids is 4. The summed E-state index contributed by atoms with van der Waals surface area (Å²) in [5.74, 6) is -3.13. The summed E-state index contributed by atoms with van der Waals surface area (Å²) in [4.78, 5) is 59.5. The van der Waals surface area contributed by atoms with Crippen molar-refractivity contribution in [2.24, 2.45) is 17.8 Å². The molecular formula is C39H49N3O8. The number of esters is 1. The third-order valence-electron chi connectivity index (χ3n) is 10.5. The first kappa shape index (κ1) is 36.8. The Balaban J connectivity index is 1.51. The van der Waals surface area contributed by atoms with Crippen molar-refractivity contribution in [1.82, 2.24) is 10.2 Å². The monoisotopic (exact) mass is 687 g/mol. The lowest BCUT2D eigenvalue weighted by atomic mass is 9.70. The number of methoxy groups -OCH3 is 1. The molecule has 8 atom stereocenters. The van der Waals surface area contributed by atoms with Crippen molar-refractivity contribution in [1.29, 1.82) is 0 Å². The molecule has 3 heterocycles. The number of rotatable bonds is 17. The van der Waals surface area contributed by atoms with E-state index in [1.165, 1.54) is 4.90 Å². The molecule has 0 saturated carbocycles. The van der Waals surface area contributed by atoms with E-state index >= 15 is 0 Å². The van der Waals surface area contributed by atoms with Crippen molar-refractivity contribution in [3.05, 3.63) is 85.5 Å². The fraction of sp³-hybridized carbons (Fsp3) is 0.487.